The van der Waals surface area contributed by atoms with Crippen molar-refractivity contribution in [1.82, 2.24) is 19.9 Å². The van der Waals surface area contributed by atoms with E-state index in [2.05, 4.69) is 20.3 Å². The molecule has 2 atom stereocenters. The van der Waals surface area contributed by atoms with Gasteiger partial charge in [-0.3, -0.25) is 0 Å². The number of hydrogen-bond donors (Lipinski definition) is 1. The molecule has 0 aliphatic carbocycles. The fourth-order valence-electron chi connectivity index (χ4n) is 6.15. The number of sulfone groups is 1. The van der Waals surface area contributed by atoms with Crippen molar-refractivity contribution in [3.8, 4) is 29.0 Å². The number of aryl methyl sites for hydroxylation is 1. The Bertz CT molecular complexity index is 2310. The second-order valence-electron chi connectivity index (χ2n) is 14.0. The highest BCUT2D eigenvalue weighted by Crippen LogP contribution is 2.38. The Morgan fingerprint density at radius 1 is 1.00 bits per heavy atom. The number of aromatic nitrogens is 3. The number of rotatable bonds is 9. The van der Waals surface area contributed by atoms with Gasteiger partial charge in [-0.2, -0.15) is 5.26 Å². The average Bonchev–Trinajstić information content (AvgIpc) is 3.10. The molecular weight excluding hydrogens is 703 g/mol. The van der Waals surface area contributed by atoms with E-state index in [4.69, 9.17) is 14.7 Å². The van der Waals surface area contributed by atoms with Crippen molar-refractivity contribution in [1.29, 1.82) is 5.26 Å². The number of alkyl halides is 1. The molecule has 1 saturated heterocycles. The van der Waals surface area contributed by atoms with Gasteiger partial charge in [0.25, 0.3) is 0 Å². The third-order valence-corrected chi connectivity index (χ3v) is 10.0. The number of fused-ring (bicyclic) bond motifs is 1. The molecule has 1 aliphatic heterocycles. The van der Waals surface area contributed by atoms with Crippen LogP contribution in [0, 0.1) is 24.1 Å². The maximum Gasteiger partial charge on any atom is 0.410 e. The Labute approximate surface area is 306 Å². The summed E-state index contributed by atoms with van der Waals surface area (Å²) in [5.41, 5.74) is 1.84. The Morgan fingerprint density at radius 2 is 1.75 bits per heavy atom. The van der Waals surface area contributed by atoms with E-state index in [0.717, 1.165) is 0 Å². The first-order chi connectivity index (χ1) is 25.2. The van der Waals surface area contributed by atoms with Gasteiger partial charge >= 0.3 is 6.09 Å². The smallest absolute Gasteiger partial charge is 0.410 e. The summed E-state index contributed by atoms with van der Waals surface area (Å²) in [6.07, 6.45) is 1.38. The first-order valence-corrected chi connectivity index (χ1v) is 18.7. The minimum absolute atomic E-state index is 0.0113. The number of nitrogens with zero attached hydrogens (tertiary/aromatic N) is 5. The number of amides is 1. The lowest BCUT2D eigenvalue weighted by molar-refractivity contribution is 0.0124. The molecule has 1 amide bonds. The van der Waals surface area contributed by atoms with Crippen molar-refractivity contribution in [3.05, 3.63) is 107 Å². The predicted octanol–water partition coefficient (Wildman–Crippen LogP) is 7.68. The molecule has 274 valence electrons. The summed E-state index contributed by atoms with van der Waals surface area (Å²) in [6, 6.07) is 19.1. The molecule has 53 heavy (non-hydrogen) atoms. The molecule has 1 aliphatic rings. The second-order valence-corrected chi connectivity index (χ2v) is 16.0. The maximum atomic E-state index is 15.4. The van der Waals surface area contributed by atoms with Crippen LogP contribution in [0.1, 0.15) is 49.4 Å². The van der Waals surface area contributed by atoms with Gasteiger partial charge in [-0.1, -0.05) is 24.3 Å². The Morgan fingerprint density at radius 3 is 2.49 bits per heavy atom. The van der Waals surface area contributed by atoms with E-state index in [1.165, 1.54) is 11.0 Å². The van der Waals surface area contributed by atoms with Crippen LogP contribution in [0.25, 0.3) is 22.0 Å². The van der Waals surface area contributed by atoms with Crippen LogP contribution < -0.4 is 10.1 Å². The monoisotopic (exact) mass is 740 g/mol. The van der Waals surface area contributed by atoms with Crippen molar-refractivity contribution in [2.75, 3.05) is 18.4 Å². The fourth-order valence-corrected chi connectivity index (χ4v) is 7.68. The second kappa shape index (κ2) is 15.1. The van der Waals surface area contributed by atoms with Crippen LogP contribution in [0.4, 0.5) is 19.5 Å². The standard InChI is InChI=1S/C39H38F2N6O5S/c1-24-7-12-29-30(13-14-33(41)32(29)23-53(49,50)22-26-10-8-25(19-42)9-11-26)35(24)51-36-31(6-5-16-43-36)34-15-17-44-37(46-34)45-28-18-27(40)20-47(21-28)38(48)52-39(2,3)4/h5-17,27-28H,18,20-23H2,1-4H3,(H,44,45,46). The van der Waals surface area contributed by atoms with Gasteiger partial charge in [0.05, 0.1) is 40.9 Å². The fraction of sp³-hybridized carbons (Fsp3) is 0.308. The van der Waals surface area contributed by atoms with Gasteiger partial charge in [0.1, 0.15) is 23.3 Å². The summed E-state index contributed by atoms with van der Waals surface area (Å²) in [7, 11) is -3.82. The van der Waals surface area contributed by atoms with E-state index >= 15 is 4.39 Å². The number of anilines is 1. The minimum Gasteiger partial charge on any atom is -0.444 e. The molecule has 1 fully saturated rings. The summed E-state index contributed by atoms with van der Waals surface area (Å²) in [4.78, 5) is 27.5. The molecule has 3 aromatic carbocycles. The van der Waals surface area contributed by atoms with Gasteiger partial charge in [-0.25, -0.2) is 36.9 Å². The van der Waals surface area contributed by atoms with Crippen LogP contribution in [-0.2, 0) is 26.1 Å². The zero-order valence-electron chi connectivity index (χ0n) is 29.6. The van der Waals surface area contributed by atoms with Crippen LogP contribution in [0.5, 0.6) is 11.6 Å². The Kier molecular flexibility index (Phi) is 10.6. The van der Waals surface area contributed by atoms with Crippen LogP contribution >= 0.6 is 0 Å². The zero-order chi connectivity index (χ0) is 37.9. The molecule has 1 N–H and O–H groups in total. The van der Waals surface area contributed by atoms with Crippen molar-refractivity contribution < 1.29 is 31.5 Å². The van der Waals surface area contributed by atoms with Crippen molar-refractivity contribution >= 4 is 32.7 Å². The number of carbonyl (C=O) groups excluding carboxylic acids is 1. The van der Waals surface area contributed by atoms with E-state index in [9.17, 15) is 17.6 Å². The van der Waals surface area contributed by atoms with Gasteiger partial charge in [0, 0.05) is 42.4 Å². The van der Waals surface area contributed by atoms with Crippen molar-refractivity contribution in [2.45, 2.75) is 63.4 Å². The largest absolute Gasteiger partial charge is 0.444 e. The number of nitrogens with one attached hydrogen (secondary N) is 1. The molecule has 0 saturated carbocycles. The first-order valence-electron chi connectivity index (χ1n) is 16.9. The molecule has 0 spiro atoms. The number of nitriles is 1. The molecule has 0 radical (unpaired) electrons. The zero-order valence-corrected chi connectivity index (χ0v) is 30.5. The minimum atomic E-state index is -3.82. The third kappa shape index (κ3) is 9.04. The molecule has 2 aromatic heterocycles. The van der Waals surface area contributed by atoms with Gasteiger partial charge in [-0.15, -0.1) is 0 Å². The quantitative estimate of drug-likeness (QED) is 0.160. The van der Waals surface area contributed by atoms with Crippen LogP contribution in [0.2, 0.25) is 0 Å². The Hall–Kier alpha value is -5.68. The number of halogens is 2. The van der Waals surface area contributed by atoms with Crippen LogP contribution in [0.3, 0.4) is 0 Å². The van der Waals surface area contributed by atoms with Crippen LogP contribution in [-0.4, -0.2) is 65.3 Å². The van der Waals surface area contributed by atoms with E-state index in [1.807, 2.05) is 13.0 Å². The van der Waals surface area contributed by atoms with E-state index in [0.29, 0.717) is 44.5 Å². The van der Waals surface area contributed by atoms with E-state index in [1.54, 1.807) is 93.8 Å². The van der Waals surface area contributed by atoms with Crippen molar-refractivity contribution in [2.24, 2.45) is 0 Å². The summed E-state index contributed by atoms with van der Waals surface area (Å²) in [6.45, 7) is 7.20. The number of piperidine rings is 1. The highest BCUT2D eigenvalue weighted by Gasteiger charge is 2.33. The highest BCUT2D eigenvalue weighted by molar-refractivity contribution is 7.89. The summed E-state index contributed by atoms with van der Waals surface area (Å²) < 4.78 is 68.6. The predicted molar refractivity (Wildman–Crippen MR) is 196 cm³/mol. The summed E-state index contributed by atoms with van der Waals surface area (Å²) in [5, 5.41) is 13.1. The molecule has 6 rings (SSSR count). The van der Waals surface area contributed by atoms with Gasteiger partial charge in [0.2, 0.25) is 11.8 Å². The van der Waals surface area contributed by atoms with Gasteiger partial charge in [0.15, 0.2) is 9.84 Å². The maximum absolute atomic E-state index is 15.4. The Balaban J connectivity index is 1.26. The summed E-state index contributed by atoms with van der Waals surface area (Å²) >= 11 is 0. The van der Waals surface area contributed by atoms with Gasteiger partial charge in [-0.05, 0) is 86.7 Å². The highest BCUT2D eigenvalue weighted by atomic mass is 32.2. The van der Waals surface area contributed by atoms with E-state index < -0.39 is 45.3 Å². The lowest BCUT2D eigenvalue weighted by Gasteiger charge is -2.36. The molecular formula is C39H38F2N6O5S. The molecule has 5 aromatic rings. The summed E-state index contributed by atoms with van der Waals surface area (Å²) in [5.74, 6) is -0.785. The number of benzene rings is 3. The SMILES string of the molecule is Cc1ccc2c(CS(=O)(=O)Cc3ccc(C#N)cc3)c(F)ccc2c1Oc1ncccc1-c1ccnc(NC2CC(F)CN(C(=O)OC(C)(C)C)C2)n1. The first kappa shape index (κ1) is 37.1. The number of hydrogen-bond acceptors (Lipinski definition) is 10. The molecule has 2 unspecified atom stereocenters. The normalized spacial score (nSPS) is 16.2. The number of carbonyl (C=O) groups is 1. The number of likely N-dealkylation sites (tertiary alicyclic amines) is 1. The lowest BCUT2D eigenvalue weighted by atomic mass is 10.0. The molecule has 14 heteroatoms. The molecule has 11 nitrogen and oxygen atoms in total. The molecule has 0 bridgehead atoms. The topological polar surface area (TPSA) is 147 Å². The van der Waals surface area contributed by atoms with E-state index in [-0.39, 0.29) is 42.7 Å². The third-order valence-electron chi connectivity index (χ3n) is 8.52. The van der Waals surface area contributed by atoms with Crippen LogP contribution in [0.15, 0.2) is 79.1 Å². The average molecular weight is 741 g/mol. The lowest BCUT2D eigenvalue weighted by Crippen LogP contribution is -2.51. The van der Waals surface area contributed by atoms with Gasteiger partial charge < -0.3 is 19.7 Å². The number of pyridine rings is 1. The number of ether oxygens (including phenoxy) is 2. The molecule has 3 heterocycles. The van der Waals surface area contributed by atoms with Crippen molar-refractivity contribution in [3.63, 3.8) is 0 Å².